The third-order valence-electron chi connectivity index (χ3n) is 2.75. The molecule has 0 amide bonds. The molecule has 0 aromatic rings. The smallest absolute Gasteiger partial charge is 0.0234 e. The van der Waals surface area contributed by atoms with Gasteiger partial charge in [-0.1, -0.05) is 33.6 Å². The summed E-state index contributed by atoms with van der Waals surface area (Å²) in [7, 11) is -0.581. The summed E-state index contributed by atoms with van der Waals surface area (Å²) in [4.78, 5) is 0. The lowest BCUT2D eigenvalue weighted by Crippen LogP contribution is -2.23. The maximum Gasteiger partial charge on any atom is 0.0234 e. The Bertz CT molecular complexity index is 180. The number of hydrogen-bond acceptors (Lipinski definition) is 2. The Morgan fingerprint density at radius 3 is 2.27 bits per heavy atom. The molecule has 15 heavy (non-hydrogen) atoms. The van der Waals surface area contributed by atoms with Crippen LogP contribution in [0.25, 0.3) is 0 Å². The van der Waals surface area contributed by atoms with Crippen LogP contribution >= 0.6 is 0 Å². The van der Waals surface area contributed by atoms with Crippen molar-refractivity contribution in [3.8, 4) is 0 Å². The molecule has 0 saturated heterocycles. The normalized spacial score (nSPS) is 14.1. The molecule has 2 N–H and O–H groups in total. The highest BCUT2D eigenvalue weighted by Gasteiger charge is 2.14. The molecular formula is C12H27NOS. The van der Waals surface area contributed by atoms with E-state index in [-0.39, 0.29) is 5.41 Å². The minimum atomic E-state index is -0.581. The van der Waals surface area contributed by atoms with Crippen molar-refractivity contribution in [2.75, 3.05) is 18.1 Å². The average molecular weight is 233 g/mol. The Kier molecular flexibility index (Phi) is 8.34. The van der Waals surface area contributed by atoms with Gasteiger partial charge in [-0.05, 0) is 31.2 Å². The minimum absolute atomic E-state index is 0.255. The van der Waals surface area contributed by atoms with Crippen LogP contribution in [0.3, 0.4) is 0 Å². The average Bonchev–Trinajstić information content (AvgIpc) is 2.21. The Hall–Kier alpha value is 0.110. The van der Waals surface area contributed by atoms with Crippen molar-refractivity contribution in [2.45, 2.75) is 52.9 Å². The van der Waals surface area contributed by atoms with Crippen LogP contribution in [0.4, 0.5) is 0 Å². The maximum atomic E-state index is 11.5. The molecule has 0 aromatic carbocycles. The Balaban J connectivity index is 3.42. The fraction of sp³-hybridized carbons (Fsp3) is 1.00. The molecule has 0 heterocycles. The van der Waals surface area contributed by atoms with E-state index in [9.17, 15) is 4.21 Å². The fourth-order valence-corrected chi connectivity index (χ4v) is 2.72. The van der Waals surface area contributed by atoms with Gasteiger partial charge in [-0.3, -0.25) is 4.21 Å². The molecule has 0 rings (SSSR count). The van der Waals surface area contributed by atoms with Gasteiger partial charge >= 0.3 is 0 Å². The van der Waals surface area contributed by atoms with E-state index in [1.54, 1.807) is 0 Å². The fourth-order valence-electron chi connectivity index (χ4n) is 1.38. The number of rotatable bonds is 9. The Labute approximate surface area is 97.5 Å². The maximum absolute atomic E-state index is 11.5. The predicted molar refractivity (Wildman–Crippen MR) is 69.5 cm³/mol. The zero-order valence-electron chi connectivity index (χ0n) is 10.6. The Morgan fingerprint density at radius 2 is 1.73 bits per heavy atom. The molecule has 0 spiro atoms. The first-order chi connectivity index (χ1) is 7.02. The van der Waals surface area contributed by atoms with Crippen LogP contribution in [-0.2, 0) is 10.8 Å². The summed E-state index contributed by atoms with van der Waals surface area (Å²) in [5.41, 5.74) is 5.91. The van der Waals surface area contributed by atoms with E-state index in [0.717, 1.165) is 50.2 Å². The van der Waals surface area contributed by atoms with Crippen LogP contribution in [0.1, 0.15) is 52.9 Å². The summed E-state index contributed by atoms with van der Waals surface area (Å²) in [5.74, 6) is 1.76. The van der Waals surface area contributed by atoms with Gasteiger partial charge in [-0.15, -0.1) is 0 Å². The summed E-state index contributed by atoms with van der Waals surface area (Å²) in [6.45, 7) is 7.27. The summed E-state index contributed by atoms with van der Waals surface area (Å²) < 4.78 is 11.5. The quantitative estimate of drug-likeness (QED) is 0.622. The predicted octanol–water partition coefficient (Wildman–Crippen LogP) is 2.69. The number of hydrogen-bond donors (Lipinski definition) is 1. The van der Waals surface area contributed by atoms with E-state index >= 15 is 0 Å². The molecule has 92 valence electrons. The van der Waals surface area contributed by atoms with E-state index in [4.69, 9.17) is 5.73 Å². The van der Waals surface area contributed by atoms with Crippen molar-refractivity contribution in [1.29, 1.82) is 0 Å². The lowest BCUT2D eigenvalue weighted by Gasteiger charge is -2.21. The second-order valence-corrected chi connectivity index (χ2v) is 6.72. The largest absolute Gasteiger partial charge is 0.330 e. The number of nitrogens with two attached hydrogens (primary N) is 1. The molecule has 0 radical (unpaired) electrons. The molecule has 0 aliphatic carbocycles. The zero-order chi connectivity index (χ0) is 11.7. The van der Waals surface area contributed by atoms with E-state index in [0.29, 0.717) is 0 Å². The van der Waals surface area contributed by atoms with Gasteiger partial charge in [-0.2, -0.15) is 0 Å². The van der Waals surface area contributed by atoms with Gasteiger partial charge in [-0.25, -0.2) is 0 Å². The van der Waals surface area contributed by atoms with Gasteiger partial charge < -0.3 is 5.73 Å². The molecule has 0 aromatic heterocycles. The third kappa shape index (κ3) is 9.06. The first kappa shape index (κ1) is 15.1. The molecule has 1 atom stereocenters. The van der Waals surface area contributed by atoms with Crippen molar-refractivity contribution in [1.82, 2.24) is 0 Å². The van der Waals surface area contributed by atoms with E-state index in [1.165, 1.54) is 0 Å². The van der Waals surface area contributed by atoms with Crippen molar-refractivity contribution >= 4 is 10.8 Å². The van der Waals surface area contributed by atoms with Crippen molar-refractivity contribution in [3.05, 3.63) is 0 Å². The highest BCUT2D eigenvalue weighted by molar-refractivity contribution is 7.84. The Morgan fingerprint density at radius 1 is 1.13 bits per heavy atom. The highest BCUT2D eigenvalue weighted by Crippen LogP contribution is 2.21. The van der Waals surface area contributed by atoms with Crippen LogP contribution < -0.4 is 5.73 Å². The zero-order valence-corrected chi connectivity index (χ0v) is 11.4. The third-order valence-corrected chi connectivity index (χ3v) is 4.24. The standard InChI is InChI=1S/C12H27NOS/c1-4-5-9-15(14)10-7-6-8-12(2,3)11-13/h4-11,13H2,1-3H3. The number of unbranched alkanes of at least 4 members (excludes halogenated alkanes) is 2. The molecule has 0 fully saturated rings. The van der Waals surface area contributed by atoms with Gasteiger partial charge in [0.05, 0.1) is 0 Å². The minimum Gasteiger partial charge on any atom is -0.330 e. The first-order valence-corrected chi connectivity index (χ1v) is 7.55. The second kappa shape index (κ2) is 8.28. The first-order valence-electron chi connectivity index (χ1n) is 6.07. The molecule has 0 saturated carbocycles. The molecule has 3 heteroatoms. The van der Waals surface area contributed by atoms with Crippen LogP contribution in [0, 0.1) is 5.41 Å². The molecular weight excluding hydrogens is 206 g/mol. The van der Waals surface area contributed by atoms with Crippen LogP contribution in [0.5, 0.6) is 0 Å². The topological polar surface area (TPSA) is 43.1 Å². The van der Waals surface area contributed by atoms with Crippen LogP contribution in [0.15, 0.2) is 0 Å². The van der Waals surface area contributed by atoms with Crippen LogP contribution in [-0.4, -0.2) is 22.3 Å². The monoisotopic (exact) mass is 233 g/mol. The molecule has 2 nitrogen and oxygen atoms in total. The lowest BCUT2D eigenvalue weighted by molar-refractivity contribution is 0.336. The van der Waals surface area contributed by atoms with Crippen molar-refractivity contribution in [3.63, 3.8) is 0 Å². The van der Waals surface area contributed by atoms with E-state index in [1.807, 2.05) is 0 Å². The molecule has 1 unspecified atom stereocenters. The van der Waals surface area contributed by atoms with Gasteiger partial charge in [0.2, 0.25) is 0 Å². The summed E-state index contributed by atoms with van der Waals surface area (Å²) in [6.07, 6.45) is 5.63. The summed E-state index contributed by atoms with van der Waals surface area (Å²) in [5, 5.41) is 0. The highest BCUT2D eigenvalue weighted by atomic mass is 32.2. The van der Waals surface area contributed by atoms with Gasteiger partial charge in [0.1, 0.15) is 0 Å². The molecule has 0 aliphatic rings. The van der Waals surface area contributed by atoms with Gasteiger partial charge in [0.25, 0.3) is 0 Å². The molecule has 0 aliphatic heterocycles. The van der Waals surface area contributed by atoms with Crippen molar-refractivity contribution in [2.24, 2.45) is 11.1 Å². The van der Waals surface area contributed by atoms with E-state index < -0.39 is 10.8 Å². The second-order valence-electron chi connectivity index (χ2n) is 5.03. The SMILES string of the molecule is CCCCS(=O)CCCCC(C)(C)CN. The van der Waals surface area contributed by atoms with Gasteiger partial charge in [0.15, 0.2) is 0 Å². The van der Waals surface area contributed by atoms with Crippen LogP contribution in [0.2, 0.25) is 0 Å². The lowest BCUT2D eigenvalue weighted by atomic mass is 9.88. The summed E-state index contributed by atoms with van der Waals surface area (Å²) >= 11 is 0. The van der Waals surface area contributed by atoms with E-state index in [2.05, 4.69) is 20.8 Å². The molecule has 0 bridgehead atoms. The summed E-state index contributed by atoms with van der Waals surface area (Å²) in [6, 6.07) is 0. The van der Waals surface area contributed by atoms with Gasteiger partial charge in [0, 0.05) is 22.3 Å². The van der Waals surface area contributed by atoms with Crippen molar-refractivity contribution < 1.29 is 4.21 Å².